The summed E-state index contributed by atoms with van der Waals surface area (Å²) in [5, 5.41) is 6.96. The minimum absolute atomic E-state index is 0.0142. The van der Waals surface area contributed by atoms with Crippen molar-refractivity contribution in [2.45, 2.75) is 18.4 Å². The summed E-state index contributed by atoms with van der Waals surface area (Å²) in [6.45, 7) is 0. The number of allylic oxidation sites excluding steroid dienone is 1. The number of rotatable bonds is 6. The molecule has 0 fully saturated rings. The lowest BCUT2D eigenvalue weighted by Gasteiger charge is -2.37. The second-order valence-electron chi connectivity index (χ2n) is 10.3. The third kappa shape index (κ3) is 4.23. The highest BCUT2D eigenvalue weighted by atomic mass is 16.1. The van der Waals surface area contributed by atoms with E-state index in [-0.39, 0.29) is 5.78 Å². The van der Waals surface area contributed by atoms with Crippen LogP contribution in [0.4, 0.5) is 0 Å². The number of hydrogen-bond acceptors (Lipinski definition) is 3. The van der Waals surface area contributed by atoms with Crippen molar-refractivity contribution in [3.05, 3.63) is 173 Å². The van der Waals surface area contributed by atoms with E-state index in [2.05, 4.69) is 106 Å². The first-order chi connectivity index (χ1) is 20.2. The summed E-state index contributed by atoms with van der Waals surface area (Å²) >= 11 is 0. The Morgan fingerprint density at radius 1 is 0.732 bits per heavy atom. The zero-order valence-electron chi connectivity index (χ0n) is 22.4. The number of aromatic amines is 1. The average Bonchev–Trinajstić information content (AvgIpc) is 3.72. The fraction of sp³-hybridized carbons (Fsp3) is 0.0833. The molecular formula is C36H28N4O. The zero-order chi connectivity index (χ0) is 27.6. The standard InChI is InChI=1S/C36H28N4O/c41-35-27(20-21-28-23-38-39-34(28)35)22-26-12-10-11-19-32(26)33-24-40(25-37-33)36(29-13-4-1-5-14-29,30-15-6-2-7-16-30)31-17-8-3-9-18-31/h1-19,22-25H,20-21H2,(H,38,39)/b27-22+. The van der Waals surface area contributed by atoms with E-state index in [0.717, 1.165) is 51.1 Å². The molecule has 0 unspecified atom stereocenters. The number of carbonyl (C=O) groups is 1. The highest BCUT2D eigenvalue weighted by molar-refractivity contribution is 6.12. The molecule has 198 valence electrons. The van der Waals surface area contributed by atoms with Crippen LogP contribution in [-0.4, -0.2) is 25.5 Å². The van der Waals surface area contributed by atoms with Gasteiger partial charge in [-0.1, -0.05) is 115 Å². The van der Waals surface area contributed by atoms with Gasteiger partial charge in [0.05, 0.1) is 18.2 Å². The summed E-state index contributed by atoms with van der Waals surface area (Å²) in [7, 11) is 0. The number of carbonyl (C=O) groups excluding carboxylic acids is 1. The Bertz CT molecular complexity index is 1750. The van der Waals surface area contributed by atoms with Gasteiger partial charge < -0.3 is 4.57 Å². The van der Waals surface area contributed by atoms with E-state index in [1.54, 1.807) is 6.20 Å². The lowest BCUT2D eigenvalue weighted by atomic mass is 9.77. The van der Waals surface area contributed by atoms with E-state index in [4.69, 9.17) is 4.98 Å². The molecule has 0 bridgehead atoms. The number of fused-ring (bicyclic) bond motifs is 1. The summed E-state index contributed by atoms with van der Waals surface area (Å²) in [5.74, 6) is 0.0142. The van der Waals surface area contributed by atoms with Crippen LogP contribution in [0.15, 0.2) is 140 Å². The number of nitrogens with one attached hydrogen (secondary N) is 1. The molecule has 5 heteroatoms. The van der Waals surface area contributed by atoms with Gasteiger partial charge in [0.2, 0.25) is 5.78 Å². The van der Waals surface area contributed by atoms with Gasteiger partial charge in [0.25, 0.3) is 0 Å². The minimum atomic E-state index is -0.640. The normalized spacial score (nSPS) is 14.2. The highest BCUT2D eigenvalue weighted by Crippen LogP contribution is 2.41. The Morgan fingerprint density at radius 2 is 1.32 bits per heavy atom. The van der Waals surface area contributed by atoms with Crippen LogP contribution in [0.1, 0.15) is 44.7 Å². The summed E-state index contributed by atoms with van der Waals surface area (Å²) in [6, 6.07) is 39.9. The second-order valence-corrected chi connectivity index (χ2v) is 10.3. The van der Waals surface area contributed by atoms with Gasteiger partial charge in [-0.3, -0.25) is 9.89 Å². The number of aryl methyl sites for hydroxylation is 1. The maximum absolute atomic E-state index is 13.2. The fourth-order valence-electron chi connectivity index (χ4n) is 6.05. The third-order valence-electron chi connectivity index (χ3n) is 8.01. The summed E-state index contributed by atoms with van der Waals surface area (Å²) in [4.78, 5) is 18.1. The van der Waals surface area contributed by atoms with Crippen molar-refractivity contribution < 1.29 is 4.79 Å². The number of ketones is 1. The van der Waals surface area contributed by atoms with Crippen LogP contribution in [0.3, 0.4) is 0 Å². The molecule has 5 nitrogen and oxygen atoms in total. The van der Waals surface area contributed by atoms with E-state index in [0.29, 0.717) is 12.1 Å². The smallest absolute Gasteiger partial charge is 0.207 e. The lowest BCUT2D eigenvalue weighted by Crippen LogP contribution is -2.36. The number of nitrogens with zero attached hydrogens (tertiary/aromatic N) is 3. The van der Waals surface area contributed by atoms with Crippen LogP contribution in [0.25, 0.3) is 17.3 Å². The molecule has 0 saturated carbocycles. The molecule has 7 rings (SSSR count). The van der Waals surface area contributed by atoms with Crippen molar-refractivity contribution in [2.24, 2.45) is 0 Å². The molecule has 4 aromatic carbocycles. The van der Waals surface area contributed by atoms with E-state index >= 15 is 0 Å². The van der Waals surface area contributed by atoms with Crippen molar-refractivity contribution in [1.29, 1.82) is 0 Å². The van der Waals surface area contributed by atoms with Crippen LogP contribution in [-0.2, 0) is 12.0 Å². The van der Waals surface area contributed by atoms with Gasteiger partial charge in [-0.2, -0.15) is 5.10 Å². The Morgan fingerprint density at radius 3 is 1.95 bits per heavy atom. The number of aromatic nitrogens is 4. The number of imidazole rings is 1. The van der Waals surface area contributed by atoms with E-state index in [1.807, 2.05) is 42.7 Å². The van der Waals surface area contributed by atoms with Gasteiger partial charge in [-0.25, -0.2) is 4.98 Å². The molecule has 0 aliphatic heterocycles. The zero-order valence-corrected chi connectivity index (χ0v) is 22.4. The molecule has 0 radical (unpaired) electrons. The van der Waals surface area contributed by atoms with Gasteiger partial charge >= 0.3 is 0 Å². The molecule has 0 spiro atoms. The van der Waals surface area contributed by atoms with Crippen molar-refractivity contribution in [2.75, 3.05) is 0 Å². The van der Waals surface area contributed by atoms with Crippen LogP contribution < -0.4 is 0 Å². The summed E-state index contributed by atoms with van der Waals surface area (Å²) in [5.41, 5.74) is 7.93. The Balaban J connectivity index is 1.39. The molecular weight excluding hydrogens is 504 g/mol. The summed E-state index contributed by atoms with van der Waals surface area (Å²) in [6.07, 6.45) is 9.30. The largest absolute Gasteiger partial charge is 0.318 e. The monoisotopic (exact) mass is 532 g/mol. The topological polar surface area (TPSA) is 63.6 Å². The molecule has 2 aromatic heterocycles. The van der Waals surface area contributed by atoms with Crippen LogP contribution in [0.2, 0.25) is 0 Å². The van der Waals surface area contributed by atoms with Crippen LogP contribution in [0.5, 0.6) is 0 Å². The molecule has 0 saturated heterocycles. The quantitative estimate of drug-likeness (QED) is 0.180. The first-order valence-electron chi connectivity index (χ1n) is 13.8. The van der Waals surface area contributed by atoms with Crippen molar-refractivity contribution in [3.8, 4) is 11.3 Å². The summed E-state index contributed by atoms with van der Waals surface area (Å²) < 4.78 is 2.22. The first kappa shape index (κ1) is 24.7. The van der Waals surface area contributed by atoms with E-state index in [9.17, 15) is 4.79 Å². The Hall–Kier alpha value is -5.29. The molecule has 0 atom stereocenters. The van der Waals surface area contributed by atoms with Crippen LogP contribution >= 0.6 is 0 Å². The molecule has 1 aliphatic rings. The van der Waals surface area contributed by atoms with Gasteiger partial charge in [-0.15, -0.1) is 0 Å². The molecule has 6 aromatic rings. The van der Waals surface area contributed by atoms with Gasteiger partial charge in [0.1, 0.15) is 11.2 Å². The molecule has 2 heterocycles. The highest BCUT2D eigenvalue weighted by Gasteiger charge is 2.38. The fourth-order valence-corrected chi connectivity index (χ4v) is 6.05. The van der Waals surface area contributed by atoms with Gasteiger partial charge in [0, 0.05) is 22.9 Å². The number of hydrogen-bond donors (Lipinski definition) is 1. The predicted molar refractivity (Wildman–Crippen MR) is 161 cm³/mol. The van der Waals surface area contributed by atoms with E-state index in [1.165, 1.54) is 0 Å². The minimum Gasteiger partial charge on any atom is -0.318 e. The number of benzene rings is 4. The number of Topliss-reactive ketones (excluding diaryl/α,β-unsaturated/α-hetero) is 1. The van der Waals surface area contributed by atoms with Crippen LogP contribution in [0, 0.1) is 0 Å². The maximum Gasteiger partial charge on any atom is 0.207 e. The Labute approximate surface area is 238 Å². The van der Waals surface area contributed by atoms with Crippen molar-refractivity contribution in [3.63, 3.8) is 0 Å². The predicted octanol–water partition coefficient (Wildman–Crippen LogP) is 7.33. The van der Waals surface area contributed by atoms with Crippen molar-refractivity contribution >= 4 is 11.9 Å². The third-order valence-corrected chi connectivity index (χ3v) is 8.01. The Kier molecular flexibility index (Phi) is 6.25. The average molecular weight is 533 g/mol. The van der Waals surface area contributed by atoms with E-state index < -0.39 is 5.54 Å². The SMILES string of the molecule is O=C1/C(=C/c2ccccc2-c2cn(C(c3ccccc3)(c3ccccc3)c3ccccc3)cn2)CCc2cn[nH]c21. The second kappa shape index (κ2) is 10.4. The van der Waals surface area contributed by atoms with Crippen molar-refractivity contribution in [1.82, 2.24) is 19.7 Å². The van der Waals surface area contributed by atoms with Gasteiger partial charge in [0.15, 0.2) is 0 Å². The lowest BCUT2D eigenvalue weighted by molar-refractivity contribution is 0.102. The molecule has 41 heavy (non-hydrogen) atoms. The number of H-pyrrole nitrogens is 1. The molecule has 1 N–H and O–H groups in total. The first-order valence-corrected chi connectivity index (χ1v) is 13.8. The molecule has 0 amide bonds. The maximum atomic E-state index is 13.2. The van der Waals surface area contributed by atoms with Gasteiger partial charge in [-0.05, 0) is 41.2 Å². The molecule has 1 aliphatic carbocycles.